The minimum absolute atomic E-state index is 0.176. The van der Waals surface area contributed by atoms with Gasteiger partial charge in [-0.2, -0.15) is 0 Å². The lowest BCUT2D eigenvalue weighted by Crippen LogP contribution is -2.54. The molecule has 0 aromatic heterocycles. The molecule has 0 saturated carbocycles. The lowest BCUT2D eigenvalue weighted by Gasteiger charge is -2.26. The van der Waals surface area contributed by atoms with Crippen molar-refractivity contribution in [3.8, 4) is 5.75 Å². The number of carbonyl (C=O) groups excluding carboxylic acids is 4. The van der Waals surface area contributed by atoms with E-state index in [1.54, 1.807) is 12.1 Å². The number of urea groups is 1. The number of rotatable bonds is 7. The van der Waals surface area contributed by atoms with E-state index in [2.05, 4.69) is 26.0 Å². The first-order valence-corrected chi connectivity index (χ1v) is 12.7. The van der Waals surface area contributed by atoms with Gasteiger partial charge in [0.1, 0.15) is 11.3 Å². The van der Waals surface area contributed by atoms with Crippen LogP contribution in [0.1, 0.15) is 34.0 Å². The second kappa shape index (κ2) is 11.6. The number of imide groups is 2. The fourth-order valence-electron chi connectivity index (χ4n) is 3.93. The number of hydrogen-bond acceptors (Lipinski definition) is 6. The van der Waals surface area contributed by atoms with Crippen LogP contribution in [0.4, 0.5) is 10.5 Å². The van der Waals surface area contributed by atoms with Gasteiger partial charge in [-0.1, -0.05) is 45.7 Å². The number of halogens is 2. The first-order chi connectivity index (χ1) is 18.2. The van der Waals surface area contributed by atoms with Gasteiger partial charge in [-0.05, 0) is 66.6 Å². The smallest absolute Gasteiger partial charge is 0.337 e. The molecule has 3 aromatic rings. The number of nitrogens with zero attached hydrogens (tertiary/aromatic N) is 1. The van der Waals surface area contributed by atoms with Crippen LogP contribution in [0.5, 0.6) is 5.75 Å². The van der Waals surface area contributed by atoms with Crippen LogP contribution in [-0.4, -0.2) is 37.5 Å². The van der Waals surface area contributed by atoms with Crippen LogP contribution in [0.25, 0.3) is 6.08 Å². The van der Waals surface area contributed by atoms with E-state index >= 15 is 0 Å². The molecule has 4 amide bonds. The lowest BCUT2D eigenvalue weighted by molar-refractivity contribution is -0.122. The Labute approximate surface area is 232 Å². The SMILES string of the molecule is CCOc1cc(/C=C2\C(=O)NC(=O)N(c3ccc(C(=O)OC)cc3)C2=O)cc(Cl)c1Cc1ccccc1Br. The van der Waals surface area contributed by atoms with E-state index in [0.717, 1.165) is 20.5 Å². The number of barbiturate groups is 1. The highest BCUT2D eigenvalue weighted by Crippen LogP contribution is 2.34. The van der Waals surface area contributed by atoms with Crippen molar-refractivity contribution in [2.24, 2.45) is 0 Å². The Morgan fingerprint density at radius 2 is 1.79 bits per heavy atom. The van der Waals surface area contributed by atoms with Crippen LogP contribution in [0.3, 0.4) is 0 Å². The summed E-state index contributed by atoms with van der Waals surface area (Å²) in [6, 6.07) is 15.8. The molecule has 0 atom stereocenters. The predicted molar refractivity (Wildman–Crippen MR) is 146 cm³/mol. The lowest BCUT2D eigenvalue weighted by atomic mass is 10.00. The molecule has 0 bridgehead atoms. The zero-order chi connectivity index (χ0) is 27.4. The topological polar surface area (TPSA) is 102 Å². The van der Waals surface area contributed by atoms with Crippen molar-refractivity contribution >= 4 is 63.1 Å². The monoisotopic (exact) mass is 596 g/mol. The summed E-state index contributed by atoms with van der Waals surface area (Å²) in [7, 11) is 1.25. The number of esters is 1. The van der Waals surface area contributed by atoms with Crippen molar-refractivity contribution in [2.75, 3.05) is 18.6 Å². The van der Waals surface area contributed by atoms with Gasteiger partial charge in [0.15, 0.2) is 0 Å². The number of methoxy groups -OCH3 is 1. The number of nitrogens with one attached hydrogen (secondary N) is 1. The van der Waals surface area contributed by atoms with Gasteiger partial charge in [0.05, 0.1) is 25.0 Å². The van der Waals surface area contributed by atoms with E-state index in [9.17, 15) is 19.2 Å². The second-order valence-corrected chi connectivity index (χ2v) is 9.44. The minimum Gasteiger partial charge on any atom is -0.494 e. The molecule has 38 heavy (non-hydrogen) atoms. The molecule has 4 rings (SSSR count). The van der Waals surface area contributed by atoms with Gasteiger partial charge in [0, 0.05) is 21.5 Å². The van der Waals surface area contributed by atoms with E-state index in [-0.39, 0.29) is 16.8 Å². The van der Waals surface area contributed by atoms with Gasteiger partial charge in [0.25, 0.3) is 11.8 Å². The maximum absolute atomic E-state index is 13.3. The Morgan fingerprint density at radius 3 is 2.45 bits per heavy atom. The summed E-state index contributed by atoms with van der Waals surface area (Å²) in [5, 5.41) is 2.58. The second-order valence-electron chi connectivity index (χ2n) is 8.18. The maximum atomic E-state index is 13.3. The van der Waals surface area contributed by atoms with Gasteiger partial charge in [-0.3, -0.25) is 14.9 Å². The van der Waals surface area contributed by atoms with Crippen LogP contribution in [0.2, 0.25) is 5.02 Å². The molecular weight excluding hydrogens is 576 g/mol. The third-order valence-corrected chi connectivity index (χ3v) is 6.87. The molecular formula is C28H22BrClN2O6. The molecule has 1 fully saturated rings. The molecule has 0 radical (unpaired) electrons. The summed E-state index contributed by atoms with van der Waals surface area (Å²) < 4.78 is 11.4. The summed E-state index contributed by atoms with van der Waals surface area (Å²) in [6.07, 6.45) is 1.85. The Hall–Kier alpha value is -3.95. The van der Waals surface area contributed by atoms with Crippen LogP contribution in [0, 0.1) is 0 Å². The molecule has 1 aliphatic rings. The van der Waals surface area contributed by atoms with E-state index in [4.69, 9.17) is 16.3 Å². The van der Waals surface area contributed by atoms with Crippen LogP contribution in [0.15, 0.2) is 70.7 Å². The Kier molecular flexibility index (Phi) is 8.29. The minimum atomic E-state index is -0.903. The maximum Gasteiger partial charge on any atom is 0.337 e. The fourth-order valence-corrected chi connectivity index (χ4v) is 4.64. The average molecular weight is 598 g/mol. The fraction of sp³-hybridized carbons (Fsp3) is 0.143. The Balaban J connectivity index is 1.69. The number of hydrogen-bond donors (Lipinski definition) is 1. The first kappa shape index (κ1) is 27.1. The quantitative estimate of drug-likeness (QED) is 0.218. The highest BCUT2D eigenvalue weighted by molar-refractivity contribution is 9.10. The van der Waals surface area contributed by atoms with Crippen molar-refractivity contribution in [3.63, 3.8) is 0 Å². The van der Waals surface area contributed by atoms with Crippen LogP contribution < -0.4 is 15.0 Å². The van der Waals surface area contributed by atoms with Crippen molar-refractivity contribution in [1.29, 1.82) is 0 Å². The van der Waals surface area contributed by atoms with Gasteiger partial charge >= 0.3 is 12.0 Å². The molecule has 1 heterocycles. The van der Waals surface area contributed by atoms with Gasteiger partial charge in [-0.15, -0.1) is 0 Å². The van der Waals surface area contributed by atoms with Crippen LogP contribution >= 0.6 is 27.5 Å². The van der Waals surface area contributed by atoms with Crippen molar-refractivity contribution in [2.45, 2.75) is 13.3 Å². The molecule has 1 aliphatic heterocycles. The molecule has 1 saturated heterocycles. The summed E-state index contributed by atoms with van der Waals surface area (Å²) in [5.74, 6) is -1.71. The average Bonchev–Trinajstić information content (AvgIpc) is 2.89. The molecule has 0 aliphatic carbocycles. The van der Waals surface area contributed by atoms with Gasteiger partial charge in [-0.25, -0.2) is 14.5 Å². The summed E-state index contributed by atoms with van der Waals surface area (Å²) in [6.45, 7) is 2.22. The standard InChI is InChI=1S/C28H22BrClN2O6/c1-3-38-24-14-16(13-23(30)20(24)15-18-6-4-5-7-22(18)29)12-21-25(33)31-28(36)32(26(21)34)19-10-8-17(9-11-19)27(35)37-2/h4-14H,3,15H2,1-2H3,(H,31,33,36)/b21-12+. The van der Waals surface area contributed by atoms with E-state index in [0.29, 0.717) is 29.4 Å². The van der Waals surface area contributed by atoms with E-state index < -0.39 is 23.8 Å². The third-order valence-electron chi connectivity index (χ3n) is 5.76. The zero-order valence-electron chi connectivity index (χ0n) is 20.4. The third kappa shape index (κ3) is 5.64. The number of amides is 4. The van der Waals surface area contributed by atoms with Crippen molar-refractivity contribution < 1.29 is 28.7 Å². The molecule has 10 heteroatoms. The van der Waals surface area contributed by atoms with Crippen molar-refractivity contribution in [1.82, 2.24) is 5.32 Å². The highest BCUT2D eigenvalue weighted by atomic mass is 79.9. The molecule has 194 valence electrons. The summed E-state index contributed by atoms with van der Waals surface area (Å²) in [5.41, 5.74) is 2.37. The number of anilines is 1. The highest BCUT2D eigenvalue weighted by Gasteiger charge is 2.37. The Bertz CT molecular complexity index is 1470. The van der Waals surface area contributed by atoms with Crippen molar-refractivity contribution in [3.05, 3.63) is 98.0 Å². The van der Waals surface area contributed by atoms with Gasteiger partial charge < -0.3 is 9.47 Å². The largest absolute Gasteiger partial charge is 0.494 e. The first-order valence-electron chi connectivity index (χ1n) is 11.5. The summed E-state index contributed by atoms with van der Waals surface area (Å²) in [4.78, 5) is 51.0. The molecule has 1 N–H and O–H groups in total. The van der Waals surface area contributed by atoms with E-state index in [1.165, 1.54) is 37.5 Å². The zero-order valence-corrected chi connectivity index (χ0v) is 22.8. The van der Waals surface area contributed by atoms with Crippen LogP contribution in [-0.2, 0) is 20.7 Å². The number of carbonyl (C=O) groups is 4. The molecule has 0 spiro atoms. The predicted octanol–water partition coefficient (Wildman–Crippen LogP) is 5.55. The Morgan fingerprint density at radius 1 is 1.08 bits per heavy atom. The molecule has 0 unspecified atom stereocenters. The van der Waals surface area contributed by atoms with E-state index in [1.807, 2.05) is 31.2 Å². The number of ether oxygens (including phenoxy) is 2. The number of benzene rings is 3. The van der Waals surface area contributed by atoms with Gasteiger partial charge in [0.2, 0.25) is 0 Å². The molecule has 8 nitrogen and oxygen atoms in total. The molecule has 3 aromatic carbocycles. The normalized spacial score (nSPS) is 14.5. The summed E-state index contributed by atoms with van der Waals surface area (Å²) >= 11 is 10.2.